The molecular weight excluding hydrogens is 262 g/mol. The second-order valence-corrected chi connectivity index (χ2v) is 5.45. The van der Waals surface area contributed by atoms with Crippen molar-refractivity contribution in [3.05, 3.63) is 59.2 Å². The monoisotopic (exact) mass is 285 g/mol. The lowest BCUT2D eigenvalue weighted by atomic mass is 10.0. The van der Waals surface area contributed by atoms with E-state index < -0.39 is 0 Å². The Morgan fingerprint density at radius 1 is 1.00 bits per heavy atom. The van der Waals surface area contributed by atoms with Crippen molar-refractivity contribution in [2.75, 3.05) is 7.11 Å². The second kappa shape index (κ2) is 6.64. The summed E-state index contributed by atoms with van der Waals surface area (Å²) in [6, 6.07) is 14.0. The zero-order valence-electron chi connectivity index (χ0n) is 13.1. The maximum Gasteiger partial charge on any atom is 0.120 e. The van der Waals surface area contributed by atoms with E-state index in [1.54, 1.807) is 13.2 Å². The Hall–Kier alpha value is -2.00. The number of rotatable bonds is 5. The van der Waals surface area contributed by atoms with E-state index in [9.17, 15) is 5.11 Å². The van der Waals surface area contributed by atoms with Crippen molar-refractivity contribution < 1.29 is 9.84 Å². The van der Waals surface area contributed by atoms with Crippen LogP contribution in [0.25, 0.3) is 0 Å². The molecule has 3 nitrogen and oxygen atoms in total. The number of phenols is 1. The molecule has 112 valence electrons. The Kier molecular flexibility index (Phi) is 4.86. The van der Waals surface area contributed by atoms with E-state index >= 15 is 0 Å². The first kappa shape index (κ1) is 15.4. The van der Waals surface area contributed by atoms with Crippen LogP contribution >= 0.6 is 0 Å². The van der Waals surface area contributed by atoms with Crippen LogP contribution in [0, 0.1) is 6.92 Å². The summed E-state index contributed by atoms with van der Waals surface area (Å²) in [7, 11) is 1.67. The maximum atomic E-state index is 10.0. The van der Waals surface area contributed by atoms with Gasteiger partial charge in [-0.3, -0.25) is 0 Å². The molecule has 2 aromatic rings. The van der Waals surface area contributed by atoms with E-state index in [0.29, 0.717) is 5.75 Å². The molecule has 0 saturated heterocycles. The van der Waals surface area contributed by atoms with Crippen molar-refractivity contribution in [2.24, 2.45) is 0 Å². The number of methoxy groups -OCH3 is 1. The minimum absolute atomic E-state index is 0.0713. The number of aryl methyl sites for hydroxylation is 1. The normalized spacial score (nSPS) is 13.7. The summed E-state index contributed by atoms with van der Waals surface area (Å²) >= 11 is 0. The summed E-state index contributed by atoms with van der Waals surface area (Å²) in [6.07, 6.45) is 0. The highest BCUT2D eigenvalue weighted by Gasteiger charge is 2.14. The predicted molar refractivity (Wildman–Crippen MR) is 85.8 cm³/mol. The summed E-state index contributed by atoms with van der Waals surface area (Å²) in [6.45, 7) is 6.21. The van der Waals surface area contributed by atoms with Gasteiger partial charge in [0.15, 0.2) is 0 Å². The fourth-order valence-electron chi connectivity index (χ4n) is 2.47. The van der Waals surface area contributed by atoms with Gasteiger partial charge in [0.25, 0.3) is 0 Å². The molecule has 0 radical (unpaired) electrons. The smallest absolute Gasteiger partial charge is 0.120 e. The molecule has 3 heteroatoms. The molecule has 0 aliphatic carbocycles. The topological polar surface area (TPSA) is 41.5 Å². The lowest BCUT2D eigenvalue weighted by Gasteiger charge is -2.22. The van der Waals surface area contributed by atoms with Crippen LogP contribution in [0.15, 0.2) is 42.5 Å². The molecular formula is C18H23NO2. The molecule has 0 amide bonds. The minimum Gasteiger partial charge on any atom is -0.508 e. The summed E-state index contributed by atoms with van der Waals surface area (Å²) in [5.74, 6) is 1.19. The third-order valence-corrected chi connectivity index (χ3v) is 3.77. The molecule has 2 atom stereocenters. The summed E-state index contributed by atoms with van der Waals surface area (Å²) in [5.41, 5.74) is 3.26. The molecule has 21 heavy (non-hydrogen) atoms. The molecule has 0 aliphatic heterocycles. The molecule has 2 rings (SSSR count). The van der Waals surface area contributed by atoms with Crippen LogP contribution in [0.5, 0.6) is 11.5 Å². The SMILES string of the molecule is COc1ccc(C(C)NC(C)c2cc(C)ccc2O)cc1. The van der Waals surface area contributed by atoms with E-state index in [1.807, 2.05) is 31.2 Å². The van der Waals surface area contributed by atoms with Crippen molar-refractivity contribution in [3.63, 3.8) is 0 Å². The number of benzene rings is 2. The van der Waals surface area contributed by atoms with Crippen LogP contribution in [0.4, 0.5) is 0 Å². The van der Waals surface area contributed by atoms with Gasteiger partial charge in [0.1, 0.15) is 11.5 Å². The molecule has 0 spiro atoms. The molecule has 2 unspecified atom stereocenters. The molecule has 0 bridgehead atoms. The number of hydrogen-bond donors (Lipinski definition) is 2. The molecule has 0 saturated carbocycles. The van der Waals surface area contributed by atoms with Gasteiger partial charge >= 0.3 is 0 Å². The fraction of sp³-hybridized carbons (Fsp3) is 0.333. The van der Waals surface area contributed by atoms with Gasteiger partial charge in [0, 0.05) is 17.6 Å². The van der Waals surface area contributed by atoms with Gasteiger partial charge < -0.3 is 15.2 Å². The fourth-order valence-corrected chi connectivity index (χ4v) is 2.47. The number of aromatic hydroxyl groups is 1. The maximum absolute atomic E-state index is 10.0. The molecule has 2 aromatic carbocycles. The first-order chi connectivity index (χ1) is 10.0. The Labute approximate surface area is 126 Å². The van der Waals surface area contributed by atoms with Crippen molar-refractivity contribution >= 4 is 0 Å². The lowest BCUT2D eigenvalue weighted by Crippen LogP contribution is -2.22. The van der Waals surface area contributed by atoms with Gasteiger partial charge in [0.2, 0.25) is 0 Å². The van der Waals surface area contributed by atoms with Crippen LogP contribution in [0.2, 0.25) is 0 Å². The predicted octanol–water partition coefficient (Wildman–Crippen LogP) is 4.12. The highest BCUT2D eigenvalue weighted by atomic mass is 16.5. The summed E-state index contributed by atoms with van der Waals surface area (Å²) in [5, 5.41) is 13.5. The van der Waals surface area contributed by atoms with E-state index in [1.165, 1.54) is 5.56 Å². The first-order valence-electron chi connectivity index (χ1n) is 7.20. The van der Waals surface area contributed by atoms with Crippen LogP contribution in [0.3, 0.4) is 0 Å². The number of nitrogens with one attached hydrogen (secondary N) is 1. The van der Waals surface area contributed by atoms with Crippen LogP contribution in [-0.2, 0) is 0 Å². The van der Waals surface area contributed by atoms with E-state index in [4.69, 9.17) is 4.74 Å². The van der Waals surface area contributed by atoms with Crippen molar-refractivity contribution in [1.82, 2.24) is 5.32 Å². The van der Waals surface area contributed by atoms with Crippen molar-refractivity contribution in [1.29, 1.82) is 0 Å². The van der Waals surface area contributed by atoms with Gasteiger partial charge in [-0.2, -0.15) is 0 Å². The highest BCUT2D eigenvalue weighted by Crippen LogP contribution is 2.27. The Morgan fingerprint density at radius 3 is 2.29 bits per heavy atom. The molecule has 0 aromatic heterocycles. The van der Waals surface area contributed by atoms with Crippen molar-refractivity contribution in [3.8, 4) is 11.5 Å². The van der Waals surface area contributed by atoms with Crippen LogP contribution < -0.4 is 10.1 Å². The number of hydrogen-bond acceptors (Lipinski definition) is 3. The first-order valence-corrected chi connectivity index (χ1v) is 7.20. The second-order valence-electron chi connectivity index (χ2n) is 5.45. The largest absolute Gasteiger partial charge is 0.508 e. The number of ether oxygens (including phenoxy) is 1. The average molecular weight is 285 g/mol. The third-order valence-electron chi connectivity index (χ3n) is 3.77. The standard InChI is InChI=1S/C18H23NO2/c1-12-5-10-18(20)17(11-12)14(3)19-13(2)15-6-8-16(21-4)9-7-15/h5-11,13-14,19-20H,1-4H3. The average Bonchev–Trinajstić information content (AvgIpc) is 2.49. The molecule has 0 fully saturated rings. The van der Waals surface area contributed by atoms with Gasteiger partial charge in [-0.05, 0) is 44.5 Å². The lowest BCUT2D eigenvalue weighted by molar-refractivity contribution is 0.414. The molecule has 0 heterocycles. The highest BCUT2D eigenvalue weighted by molar-refractivity contribution is 5.38. The van der Waals surface area contributed by atoms with Crippen LogP contribution in [0.1, 0.15) is 42.6 Å². The molecule has 0 aliphatic rings. The Balaban J connectivity index is 2.10. The summed E-state index contributed by atoms with van der Waals surface area (Å²) in [4.78, 5) is 0. The van der Waals surface area contributed by atoms with Crippen LogP contribution in [-0.4, -0.2) is 12.2 Å². The van der Waals surface area contributed by atoms with Gasteiger partial charge in [-0.15, -0.1) is 0 Å². The third kappa shape index (κ3) is 3.76. The molecule has 2 N–H and O–H groups in total. The number of phenolic OH excluding ortho intramolecular Hbond substituents is 1. The van der Waals surface area contributed by atoms with E-state index in [-0.39, 0.29) is 12.1 Å². The van der Waals surface area contributed by atoms with Gasteiger partial charge in [0.05, 0.1) is 7.11 Å². The zero-order chi connectivity index (χ0) is 15.4. The van der Waals surface area contributed by atoms with E-state index in [2.05, 4.69) is 31.3 Å². The van der Waals surface area contributed by atoms with Crippen molar-refractivity contribution in [2.45, 2.75) is 32.9 Å². The van der Waals surface area contributed by atoms with E-state index in [0.717, 1.165) is 16.9 Å². The Morgan fingerprint density at radius 2 is 1.67 bits per heavy atom. The summed E-state index contributed by atoms with van der Waals surface area (Å²) < 4.78 is 5.17. The zero-order valence-corrected chi connectivity index (χ0v) is 13.1. The minimum atomic E-state index is 0.0713. The Bertz CT molecular complexity index is 593. The van der Waals surface area contributed by atoms with Gasteiger partial charge in [-0.1, -0.05) is 29.8 Å². The van der Waals surface area contributed by atoms with Gasteiger partial charge in [-0.25, -0.2) is 0 Å². The quantitative estimate of drug-likeness (QED) is 0.868.